The van der Waals surface area contributed by atoms with Gasteiger partial charge in [-0.05, 0) is 61.4 Å². The summed E-state index contributed by atoms with van der Waals surface area (Å²) in [7, 11) is 4.25. The highest BCUT2D eigenvalue weighted by Crippen LogP contribution is 2.44. The smallest absolute Gasteiger partial charge is 0.214 e. The fourth-order valence-corrected chi connectivity index (χ4v) is 5.40. The third-order valence-corrected chi connectivity index (χ3v) is 7.04. The second kappa shape index (κ2) is 7.70. The maximum atomic E-state index is 2.36. The zero-order valence-corrected chi connectivity index (χ0v) is 20.0. The van der Waals surface area contributed by atoms with Gasteiger partial charge in [0, 0.05) is 47.7 Å². The van der Waals surface area contributed by atoms with E-state index in [0.29, 0.717) is 0 Å². The van der Waals surface area contributed by atoms with Gasteiger partial charge in [-0.1, -0.05) is 12.1 Å². The largest absolute Gasteiger partial charge is 0.314 e. The maximum Gasteiger partial charge on any atom is 0.214 e. The molecule has 0 radical (unpaired) electrons. The van der Waals surface area contributed by atoms with Crippen LogP contribution in [0.25, 0.3) is 44.9 Å². The Balaban J connectivity index is 1.86. The van der Waals surface area contributed by atoms with Crippen LogP contribution in [-0.4, -0.2) is 8.80 Å². The molecule has 0 saturated carbocycles. The second-order valence-corrected chi connectivity index (χ2v) is 9.00. The second-order valence-electron chi connectivity index (χ2n) is 9.00. The quantitative estimate of drug-likeness (QED) is 0.323. The number of fused-ring (bicyclic) bond motifs is 2. The first-order valence-corrected chi connectivity index (χ1v) is 11.7. The van der Waals surface area contributed by atoms with Crippen LogP contribution in [0.1, 0.15) is 11.1 Å². The summed E-state index contributed by atoms with van der Waals surface area (Å²) in [4.78, 5) is 0. The van der Waals surface area contributed by atoms with Crippen LogP contribution >= 0.6 is 0 Å². The van der Waals surface area contributed by atoms with Crippen LogP contribution < -0.4 is 9.13 Å². The average molecular weight is 445 g/mol. The van der Waals surface area contributed by atoms with Crippen molar-refractivity contribution in [2.45, 2.75) is 13.8 Å². The number of hydrogen-bond acceptors (Lipinski definition) is 0. The minimum atomic E-state index is 1.20. The summed E-state index contributed by atoms with van der Waals surface area (Å²) < 4.78 is 9.16. The SMILES string of the molecule is Cc1c(-c2cccc[n+]2C)c(-c2c(-c3cccc[n+]3C)c(C)c3ccccn23)n2ccccc12. The number of aryl methyl sites for hydroxylation is 4. The van der Waals surface area contributed by atoms with Crippen LogP contribution in [0.5, 0.6) is 0 Å². The third-order valence-electron chi connectivity index (χ3n) is 7.04. The van der Waals surface area contributed by atoms with Gasteiger partial charge >= 0.3 is 0 Å². The molecule has 0 aromatic carbocycles. The van der Waals surface area contributed by atoms with Crippen molar-refractivity contribution in [3.63, 3.8) is 0 Å². The van der Waals surface area contributed by atoms with Gasteiger partial charge < -0.3 is 8.80 Å². The molecule has 0 bridgehead atoms. The monoisotopic (exact) mass is 444 g/mol. The lowest BCUT2D eigenvalue weighted by Crippen LogP contribution is -2.30. The van der Waals surface area contributed by atoms with Crippen molar-refractivity contribution in [1.82, 2.24) is 8.80 Å². The molecule has 0 spiro atoms. The molecular formula is C30H28N4+2. The van der Waals surface area contributed by atoms with Crippen LogP contribution in [-0.2, 0) is 14.1 Å². The highest BCUT2D eigenvalue weighted by molar-refractivity contribution is 5.96. The Morgan fingerprint density at radius 3 is 1.35 bits per heavy atom. The minimum absolute atomic E-state index is 1.20. The molecule has 166 valence electrons. The Bertz CT molecular complexity index is 1570. The van der Waals surface area contributed by atoms with Crippen molar-refractivity contribution < 1.29 is 9.13 Å². The molecule has 4 nitrogen and oxygen atoms in total. The first-order chi connectivity index (χ1) is 16.6. The molecule has 0 saturated heterocycles. The zero-order chi connectivity index (χ0) is 23.4. The van der Waals surface area contributed by atoms with Crippen molar-refractivity contribution in [2.24, 2.45) is 14.1 Å². The summed E-state index contributed by atoms with van der Waals surface area (Å²) in [6, 6.07) is 25.8. The molecular weight excluding hydrogens is 416 g/mol. The molecule has 34 heavy (non-hydrogen) atoms. The van der Waals surface area contributed by atoms with E-state index in [1.54, 1.807) is 0 Å². The summed E-state index contributed by atoms with van der Waals surface area (Å²) in [5.74, 6) is 0. The van der Waals surface area contributed by atoms with Crippen molar-refractivity contribution in [1.29, 1.82) is 0 Å². The Morgan fingerprint density at radius 2 is 0.941 bits per heavy atom. The van der Waals surface area contributed by atoms with Gasteiger partial charge in [0.15, 0.2) is 12.4 Å². The van der Waals surface area contributed by atoms with Crippen LogP contribution in [0, 0.1) is 13.8 Å². The third kappa shape index (κ3) is 2.85. The molecule has 6 aromatic rings. The molecule has 0 N–H and O–H groups in total. The van der Waals surface area contributed by atoms with Crippen LogP contribution in [0.4, 0.5) is 0 Å². The normalized spacial score (nSPS) is 11.5. The predicted octanol–water partition coefficient (Wildman–Crippen LogP) is 5.46. The van der Waals surface area contributed by atoms with Crippen LogP contribution in [0.3, 0.4) is 0 Å². The van der Waals surface area contributed by atoms with Crippen molar-refractivity contribution >= 4 is 11.0 Å². The molecule has 0 aliphatic heterocycles. The summed E-state index contributed by atoms with van der Waals surface area (Å²) in [6.45, 7) is 4.48. The summed E-state index contributed by atoms with van der Waals surface area (Å²) >= 11 is 0. The summed E-state index contributed by atoms with van der Waals surface area (Å²) in [6.07, 6.45) is 8.63. The number of pyridine rings is 4. The maximum absolute atomic E-state index is 2.36. The molecule has 4 heteroatoms. The number of rotatable bonds is 3. The molecule has 6 aromatic heterocycles. The minimum Gasteiger partial charge on any atom is -0.314 e. The lowest BCUT2D eigenvalue weighted by Gasteiger charge is -2.10. The molecule has 6 heterocycles. The fourth-order valence-electron chi connectivity index (χ4n) is 5.40. The molecule has 0 unspecified atom stereocenters. The van der Waals surface area contributed by atoms with E-state index in [-0.39, 0.29) is 0 Å². The van der Waals surface area contributed by atoms with Gasteiger partial charge in [0.05, 0.1) is 22.5 Å². The van der Waals surface area contributed by atoms with E-state index in [4.69, 9.17) is 0 Å². The molecule has 0 fully saturated rings. The first kappa shape index (κ1) is 20.4. The highest BCUT2D eigenvalue weighted by Gasteiger charge is 2.31. The van der Waals surface area contributed by atoms with Gasteiger partial charge in [-0.3, -0.25) is 0 Å². The van der Waals surface area contributed by atoms with Crippen molar-refractivity contribution in [3.05, 3.63) is 109 Å². The van der Waals surface area contributed by atoms with E-state index in [2.05, 4.69) is 143 Å². The standard InChI is InChI=1S/C30H28N4/c1-21-23-13-7-11-19-33(23)29(27(21)25-15-5-9-17-31(25)3)30-28(26-16-6-10-18-32(26)4)22(2)24-14-8-12-20-34(24)30/h5-20H,1-4H3/q+2. The van der Waals surface area contributed by atoms with Gasteiger partial charge in [-0.15, -0.1) is 0 Å². The van der Waals surface area contributed by atoms with Gasteiger partial charge in [0.25, 0.3) is 0 Å². The van der Waals surface area contributed by atoms with Gasteiger partial charge in [0.2, 0.25) is 11.4 Å². The Labute approximate surface area is 199 Å². The van der Waals surface area contributed by atoms with E-state index < -0.39 is 0 Å². The topological polar surface area (TPSA) is 16.6 Å². The molecule has 0 atom stereocenters. The van der Waals surface area contributed by atoms with E-state index in [9.17, 15) is 0 Å². The van der Waals surface area contributed by atoms with Crippen LogP contribution in [0.2, 0.25) is 0 Å². The first-order valence-electron chi connectivity index (χ1n) is 11.7. The number of hydrogen-bond donors (Lipinski definition) is 0. The highest BCUT2D eigenvalue weighted by atomic mass is 15.0. The van der Waals surface area contributed by atoms with Gasteiger partial charge in [0.1, 0.15) is 14.1 Å². The van der Waals surface area contributed by atoms with E-state index in [0.717, 1.165) is 0 Å². The van der Waals surface area contributed by atoms with Crippen molar-refractivity contribution in [3.8, 4) is 33.9 Å². The Hall–Kier alpha value is -4.18. The Kier molecular flexibility index (Phi) is 4.63. The summed E-state index contributed by atoms with van der Waals surface area (Å²) in [5.41, 5.74) is 12.4. The van der Waals surface area contributed by atoms with E-state index in [1.165, 1.54) is 56.1 Å². The fraction of sp³-hybridized carbons (Fsp3) is 0.133. The number of nitrogens with zero attached hydrogens (tertiary/aromatic N) is 4. The average Bonchev–Trinajstić information content (AvgIpc) is 3.31. The predicted molar refractivity (Wildman–Crippen MR) is 136 cm³/mol. The molecule has 0 amide bonds. The number of aromatic nitrogens is 4. The van der Waals surface area contributed by atoms with Gasteiger partial charge in [-0.25, -0.2) is 9.13 Å². The lowest BCUT2D eigenvalue weighted by molar-refractivity contribution is -0.660. The molecule has 6 rings (SSSR count). The van der Waals surface area contributed by atoms with E-state index in [1.807, 2.05) is 0 Å². The zero-order valence-electron chi connectivity index (χ0n) is 20.0. The summed E-state index contributed by atoms with van der Waals surface area (Å²) in [5, 5.41) is 0. The van der Waals surface area contributed by atoms with Gasteiger partial charge in [-0.2, -0.15) is 0 Å². The van der Waals surface area contributed by atoms with Crippen LogP contribution in [0.15, 0.2) is 97.6 Å². The molecule has 0 aliphatic rings. The Morgan fingerprint density at radius 1 is 0.529 bits per heavy atom. The van der Waals surface area contributed by atoms with Crippen molar-refractivity contribution in [2.75, 3.05) is 0 Å². The molecule has 0 aliphatic carbocycles. The lowest BCUT2D eigenvalue weighted by atomic mass is 9.99. The van der Waals surface area contributed by atoms with E-state index >= 15 is 0 Å².